The Morgan fingerprint density at radius 1 is 1.36 bits per heavy atom. The van der Waals surface area contributed by atoms with Gasteiger partial charge in [0.05, 0.1) is 18.4 Å². The van der Waals surface area contributed by atoms with Crippen molar-refractivity contribution in [3.05, 3.63) is 63.5 Å². The smallest absolute Gasteiger partial charge is 0.337 e. The van der Waals surface area contributed by atoms with Crippen molar-refractivity contribution in [3.8, 4) is 5.75 Å². The lowest BCUT2D eigenvalue weighted by Gasteiger charge is -2.07. The third kappa shape index (κ3) is 2.84. The minimum absolute atomic E-state index is 0.145. The van der Waals surface area contributed by atoms with Gasteiger partial charge in [0.15, 0.2) is 4.96 Å². The number of carbonyl (C=O) groups excluding carboxylic acids is 1. The number of hydrogen-bond donors (Lipinski definition) is 0. The molecule has 3 aromatic rings. The normalized spacial score (nSPS) is 10.6. The number of esters is 1. The molecular weight excluding hydrogens is 304 g/mol. The molecule has 2 aromatic heterocycles. The van der Waals surface area contributed by atoms with Gasteiger partial charge in [0, 0.05) is 17.6 Å². The molecule has 7 heteroatoms. The van der Waals surface area contributed by atoms with E-state index in [1.54, 1.807) is 35.8 Å². The standard InChI is InChI=1S/C15H12N2O4S/c1-20-14(19)10-3-2-4-12(7-10)21-9-11-8-13(18)17-5-6-22-15(17)16-11/h2-8H,9H2,1H3. The molecule has 0 bridgehead atoms. The summed E-state index contributed by atoms with van der Waals surface area (Å²) in [7, 11) is 1.32. The van der Waals surface area contributed by atoms with Crippen molar-refractivity contribution in [1.82, 2.24) is 9.38 Å². The maximum atomic E-state index is 11.9. The van der Waals surface area contributed by atoms with Crippen molar-refractivity contribution >= 4 is 22.3 Å². The molecule has 3 rings (SSSR count). The molecule has 0 aliphatic carbocycles. The van der Waals surface area contributed by atoms with Crippen LogP contribution in [-0.4, -0.2) is 22.5 Å². The fourth-order valence-corrected chi connectivity index (χ4v) is 2.69. The predicted molar refractivity (Wildman–Crippen MR) is 81.5 cm³/mol. The molecule has 2 heterocycles. The maximum Gasteiger partial charge on any atom is 0.337 e. The summed E-state index contributed by atoms with van der Waals surface area (Å²) in [5.74, 6) is 0.0814. The number of rotatable bonds is 4. The zero-order chi connectivity index (χ0) is 15.5. The topological polar surface area (TPSA) is 69.9 Å². The van der Waals surface area contributed by atoms with Crippen LogP contribution in [0.5, 0.6) is 5.75 Å². The van der Waals surface area contributed by atoms with Gasteiger partial charge in [-0.3, -0.25) is 9.20 Å². The van der Waals surface area contributed by atoms with Crippen molar-refractivity contribution in [3.63, 3.8) is 0 Å². The average Bonchev–Trinajstić information content (AvgIpc) is 3.01. The van der Waals surface area contributed by atoms with Crippen LogP contribution in [0.2, 0.25) is 0 Å². The lowest BCUT2D eigenvalue weighted by atomic mass is 10.2. The van der Waals surface area contributed by atoms with Crippen molar-refractivity contribution in [2.24, 2.45) is 0 Å². The summed E-state index contributed by atoms with van der Waals surface area (Å²) in [6.45, 7) is 0.147. The van der Waals surface area contributed by atoms with Crippen LogP contribution < -0.4 is 10.3 Å². The minimum atomic E-state index is -0.429. The monoisotopic (exact) mass is 316 g/mol. The molecular formula is C15H12N2O4S. The van der Waals surface area contributed by atoms with Gasteiger partial charge in [-0.05, 0) is 18.2 Å². The third-order valence-electron chi connectivity index (χ3n) is 3.00. The second-order valence-corrected chi connectivity index (χ2v) is 5.32. The van der Waals surface area contributed by atoms with Crippen LogP contribution in [0, 0.1) is 0 Å². The van der Waals surface area contributed by atoms with E-state index in [1.165, 1.54) is 28.9 Å². The highest BCUT2D eigenvalue weighted by Crippen LogP contribution is 2.15. The van der Waals surface area contributed by atoms with Crippen molar-refractivity contribution in [2.45, 2.75) is 6.61 Å². The van der Waals surface area contributed by atoms with Crippen molar-refractivity contribution in [1.29, 1.82) is 0 Å². The number of nitrogens with zero attached hydrogens (tertiary/aromatic N) is 2. The summed E-state index contributed by atoms with van der Waals surface area (Å²) in [6.07, 6.45) is 1.68. The Kier molecular flexibility index (Phi) is 3.88. The van der Waals surface area contributed by atoms with Crippen LogP contribution in [-0.2, 0) is 11.3 Å². The Bertz CT molecular complexity index is 884. The molecule has 0 spiro atoms. The van der Waals surface area contributed by atoms with Gasteiger partial charge < -0.3 is 9.47 Å². The van der Waals surface area contributed by atoms with Crippen LogP contribution in [0.15, 0.2) is 46.7 Å². The van der Waals surface area contributed by atoms with Crippen LogP contribution >= 0.6 is 11.3 Å². The maximum absolute atomic E-state index is 11.9. The van der Waals surface area contributed by atoms with E-state index in [4.69, 9.17) is 4.74 Å². The second kappa shape index (κ2) is 5.98. The van der Waals surface area contributed by atoms with Gasteiger partial charge in [0.2, 0.25) is 0 Å². The van der Waals surface area contributed by atoms with E-state index in [-0.39, 0.29) is 12.2 Å². The highest BCUT2D eigenvalue weighted by atomic mass is 32.1. The Hall–Kier alpha value is -2.67. The second-order valence-electron chi connectivity index (χ2n) is 4.45. The molecule has 6 nitrogen and oxygen atoms in total. The average molecular weight is 316 g/mol. The van der Waals surface area contributed by atoms with E-state index < -0.39 is 5.97 Å². The number of fused-ring (bicyclic) bond motifs is 1. The molecule has 0 unspecified atom stereocenters. The Labute approximate surface area is 129 Å². The fourth-order valence-electron chi connectivity index (χ4n) is 1.95. The van der Waals surface area contributed by atoms with Gasteiger partial charge in [-0.1, -0.05) is 6.07 Å². The van der Waals surface area contributed by atoms with E-state index >= 15 is 0 Å². The van der Waals surface area contributed by atoms with E-state index in [0.717, 1.165) is 0 Å². The first kappa shape index (κ1) is 14.3. The number of thiazole rings is 1. The van der Waals surface area contributed by atoms with Crippen LogP contribution in [0.25, 0.3) is 4.96 Å². The molecule has 22 heavy (non-hydrogen) atoms. The molecule has 0 aliphatic heterocycles. The van der Waals surface area contributed by atoms with Gasteiger partial charge in [-0.25, -0.2) is 9.78 Å². The van der Waals surface area contributed by atoms with E-state index in [9.17, 15) is 9.59 Å². The molecule has 0 N–H and O–H groups in total. The SMILES string of the molecule is COC(=O)c1cccc(OCc2cc(=O)n3ccsc3n2)c1. The summed E-state index contributed by atoms with van der Waals surface area (Å²) in [4.78, 5) is 28.3. The number of ether oxygens (including phenoxy) is 2. The highest BCUT2D eigenvalue weighted by Gasteiger charge is 2.07. The lowest BCUT2D eigenvalue weighted by molar-refractivity contribution is 0.0600. The Morgan fingerprint density at radius 3 is 3.05 bits per heavy atom. The Morgan fingerprint density at radius 2 is 2.23 bits per heavy atom. The van der Waals surface area contributed by atoms with Crippen LogP contribution in [0.1, 0.15) is 16.1 Å². The molecule has 0 aliphatic rings. The molecule has 0 saturated heterocycles. The summed E-state index contributed by atoms with van der Waals surface area (Å²) in [6, 6.07) is 8.09. The quantitative estimate of drug-likeness (QED) is 0.690. The number of hydrogen-bond acceptors (Lipinski definition) is 6. The minimum Gasteiger partial charge on any atom is -0.487 e. The van der Waals surface area contributed by atoms with Crippen molar-refractivity contribution in [2.75, 3.05) is 7.11 Å². The highest BCUT2D eigenvalue weighted by molar-refractivity contribution is 7.15. The van der Waals surface area contributed by atoms with E-state index in [2.05, 4.69) is 9.72 Å². The number of carbonyl (C=O) groups is 1. The van der Waals surface area contributed by atoms with E-state index in [1.807, 2.05) is 0 Å². The summed E-state index contributed by atoms with van der Waals surface area (Å²) < 4.78 is 11.7. The first-order valence-corrected chi connectivity index (χ1v) is 7.32. The summed E-state index contributed by atoms with van der Waals surface area (Å²) in [5, 5.41) is 1.80. The molecule has 1 aromatic carbocycles. The number of benzene rings is 1. The first-order valence-electron chi connectivity index (χ1n) is 6.44. The van der Waals surface area contributed by atoms with Gasteiger partial charge >= 0.3 is 5.97 Å². The summed E-state index contributed by atoms with van der Waals surface area (Å²) in [5.41, 5.74) is 0.797. The summed E-state index contributed by atoms with van der Waals surface area (Å²) >= 11 is 1.38. The van der Waals surface area contributed by atoms with E-state index in [0.29, 0.717) is 22.0 Å². The zero-order valence-corrected chi connectivity index (χ0v) is 12.5. The van der Waals surface area contributed by atoms with Crippen molar-refractivity contribution < 1.29 is 14.3 Å². The molecule has 0 amide bonds. The molecule has 0 fully saturated rings. The van der Waals surface area contributed by atoms with Gasteiger partial charge in [0.25, 0.3) is 5.56 Å². The molecule has 0 saturated carbocycles. The first-order chi connectivity index (χ1) is 10.7. The Balaban J connectivity index is 1.79. The number of methoxy groups -OCH3 is 1. The lowest BCUT2D eigenvalue weighted by Crippen LogP contribution is -2.14. The third-order valence-corrected chi connectivity index (χ3v) is 3.75. The fraction of sp³-hybridized carbons (Fsp3) is 0.133. The predicted octanol–water partition coefficient (Wildman–Crippen LogP) is 2.12. The van der Waals surface area contributed by atoms with Gasteiger partial charge in [0.1, 0.15) is 12.4 Å². The van der Waals surface area contributed by atoms with Crippen LogP contribution in [0.3, 0.4) is 0 Å². The number of aromatic nitrogens is 2. The molecule has 0 radical (unpaired) electrons. The molecule has 112 valence electrons. The molecule has 0 atom stereocenters. The van der Waals surface area contributed by atoms with Gasteiger partial charge in [-0.2, -0.15) is 0 Å². The van der Waals surface area contributed by atoms with Crippen LogP contribution in [0.4, 0.5) is 0 Å². The largest absolute Gasteiger partial charge is 0.487 e. The van der Waals surface area contributed by atoms with Gasteiger partial charge in [-0.15, -0.1) is 11.3 Å². The zero-order valence-electron chi connectivity index (χ0n) is 11.7.